The highest BCUT2D eigenvalue weighted by Gasteiger charge is 2.33. The number of carboxylic acid groups (broad SMARTS) is 3. The van der Waals surface area contributed by atoms with E-state index in [0.717, 1.165) is 5.56 Å². The van der Waals surface area contributed by atoms with E-state index < -0.39 is 146 Å². The van der Waals surface area contributed by atoms with Crippen molar-refractivity contribution in [3.05, 3.63) is 46.3 Å². The van der Waals surface area contributed by atoms with Crippen molar-refractivity contribution in [1.82, 2.24) is 37.2 Å². The van der Waals surface area contributed by atoms with Crippen LogP contribution in [0.25, 0.3) is 10.4 Å². The van der Waals surface area contributed by atoms with Crippen LogP contribution in [0, 0.1) is 18.3 Å². The van der Waals surface area contributed by atoms with Crippen molar-refractivity contribution in [2.24, 2.45) is 22.5 Å². The van der Waals surface area contributed by atoms with Crippen LogP contribution in [0.5, 0.6) is 0 Å². The number of nitrogens with two attached hydrogens (primary N) is 2. The number of aliphatic carboxylic acids is 3. The molecule has 14 N–H and O–H groups in total. The lowest BCUT2D eigenvalue weighted by atomic mass is 10.0. The van der Waals surface area contributed by atoms with E-state index in [0.29, 0.717) is 0 Å². The maximum atomic E-state index is 13.5. The topological polar surface area (TPSA) is 433 Å². The lowest BCUT2D eigenvalue weighted by Crippen LogP contribution is -2.58. The van der Waals surface area contributed by atoms with Gasteiger partial charge in [0.05, 0.1) is 13.0 Å². The van der Waals surface area contributed by atoms with Crippen molar-refractivity contribution >= 4 is 65.2 Å². The Bertz CT molecular complexity index is 1990. The van der Waals surface area contributed by atoms with Crippen LogP contribution in [0.3, 0.4) is 0 Å². The molecule has 0 radical (unpaired) electrons. The summed E-state index contributed by atoms with van der Waals surface area (Å²) >= 11 is 0. The molecule has 0 saturated carbocycles. The third-order valence-electron chi connectivity index (χ3n) is 8.98. The van der Waals surface area contributed by atoms with Crippen LogP contribution in [0.4, 0.5) is 0 Å². The summed E-state index contributed by atoms with van der Waals surface area (Å²) in [7, 11) is 0. The Morgan fingerprint density at radius 3 is 1.65 bits per heavy atom. The second kappa shape index (κ2) is 28.7. The number of nitrogens with one attached hydrogen (secondary N) is 7. The highest BCUT2D eigenvalue weighted by molar-refractivity contribution is 5.98. The van der Waals surface area contributed by atoms with Gasteiger partial charge < -0.3 is 64.0 Å². The molecule has 26 nitrogen and oxygen atoms in total. The van der Waals surface area contributed by atoms with Crippen LogP contribution in [0.2, 0.25) is 0 Å². The fourth-order valence-electron chi connectivity index (χ4n) is 5.72. The van der Waals surface area contributed by atoms with Gasteiger partial charge in [0.2, 0.25) is 47.3 Å². The summed E-state index contributed by atoms with van der Waals surface area (Å²) in [4.78, 5) is 141. The number of hydrogen-bond acceptors (Lipinski definition) is 13. The van der Waals surface area contributed by atoms with Crippen LogP contribution in [-0.2, 0) is 59.2 Å². The Kier molecular flexibility index (Phi) is 24.4. The molecular weight excluding hydrogens is 860 g/mol. The zero-order valence-corrected chi connectivity index (χ0v) is 35.5. The molecule has 1 rings (SSSR count). The molecule has 0 aliphatic heterocycles. The molecule has 2 unspecified atom stereocenters. The normalized spacial score (nSPS) is 13.8. The monoisotopic (exact) mass is 914 g/mol. The van der Waals surface area contributed by atoms with Gasteiger partial charge in [0.15, 0.2) is 6.17 Å². The summed E-state index contributed by atoms with van der Waals surface area (Å²) in [6.07, 6.45) is -0.307. The maximum absolute atomic E-state index is 13.5. The number of hydrogen-bond donors (Lipinski definition) is 12. The van der Waals surface area contributed by atoms with Gasteiger partial charge in [-0.25, -0.2) is 0 Å². The molecule has 1 aromatic rings. The number of rotatable bonds is 30. The van der Waals surface area contributed by atoms with Crippen molar-refractivity contribution in [2.45, 2.75) is 114 Å². The molecule has 354 valence electrons. The summed E-state index contributed by atoms with van der Waals surface area (Å²) in [6, 6.07) is -0.853. The van der Waals surface area contributed by atoms with E-state index in [-0.39, 0.29) is 31.6 Å². The highest BCUT2D eigenvalue weighted by Crippen LogP contribution is 2.10. The third kappa shape index (κ3) is 22.2. The lowest BCUT2D eigenvalue weighted by Gasteiger charge is -2.26. The minimum atomic E-state index is -1.93. The number of terminal acetylenes is 1. The van der Waals surface area contributed by atoms with E-state index in [9.17, 15) is 68.1 Å². The van der Waals surface area contributed by atoms with Crippen molar-refractivity contribution in [3.63, 3.8) is 0 Å². The Balaban J connectivity index is 3.25. The Hall–Kier alpha value is -7.78. The molecule has 0 aromatic heterocycles. The maximum Gasteiger partial charge on any atom is 0.305 e. The molecule has 0 spiro atoms. The highest BCUT2D eigenvalue weighted by atomic mass is 16.4. The second-order valence-electron chi connectivity index (χ2n) is 14.7. The first-order chi connectivity index (χ1) is 30.6. The number of carbonyl (C=O) groups is 11. The number of carbonyl (C=O) groups excluding carboxylic acids is 8. The molecule has 1 aromatic carbocycles. The van der Waals surface area contributed by atoms with Crippen LogP contribution < -0.4 is 48.7 Å². The standard InChI is InChI=1S/C39H54N12O14/c1-4-8-22(33(41)59)45-35(61)25(14-16-30(55)56)47-37(63)26(17-20(2)3)44-28(52)19-43-34(60)23(13-15-29(53)54)46-38(64)27(18-31(57)58)49-36(62)24(48-39(65)32(40)50-51-42)12-11-21-9-6-5-7-10-21/h1,5-7,9-10,20,22-27,32H,8,11-19,40H2,2-3H3,(H2,41,59)(H,43,60)(H,44,52)(H,45,61)(H,46,64)(H,47,63)(H,48,65)(H,49,62)(H,53,54)(H,55,56)(H,57,58)/t22?,23-,24-,25-,26-,27-,32?/m0/s1. The van der Waals surface area contributed by atoms with Crippen LogP contribution in [0.1, 0.15) is 70.8 Å². The summed E-state index contributed by atoms with van der Waals surface area (Å²) in [5.41, 5.74) is 20.2. The fraction of sp³-hybridized carbons (Fsp3) is 0.513. The first-order valence-electron chi connectivity index (χ1n) is 19.9. The molecule has 7 atom stereocenters. The number of nitrogens with zero attached hydrogens (tertiary/aromatic N) is 3. The minimum absolute atomic E-state index is 0.0504. The Labute approximate surface area is 371 Å². The summed E-state index contributed by atoms with van der Waals surface area (Å²) < 4.78 is 0. The molecule has 0 bridgehead atoms. The second-order valence-corrected chi connectivity index (χ2v) is 14.7. The largest absolute Gasteiger partial charge is 0.481 e. The summed E-state index contributed by atoms with van der Waals surface area (Å²) in [5, 5.41) is 47.0. The van der Waals surface area contributed by atoms with Gasteiger partial charge in [-0.2, -0.15) is 0 Å². The Morgan fingerprint density at radius 1 is 0.677 bits per heavy atom. The van der Waals surface area contributed by atoms with Crippen molar-refractivity contribution in [2.75, 3.05) is 6.54 Å². The van der Waals surface area contributed by atoms with E-state index in [1.54, 1.807) is 44.2 Å². The lowest BCUT2D eigenvalue weighted by molar-refractivity contribution is -0.141. The summed E-state index contributed by atoms with van der Waals surface area (Å²) in [5.74, 6) is -11.0. The summed E-state index contributed by atoms with van der Waals surface area (Å²) in [6.45, 7) is 2.47. The van der Waals surface area contributed by atoms with Crippen molar-refractivity contribution in [3.8, 4) is 12.3 Å². The van der Waals surface area contributed by atoms with E-state index >= 15 is 0 Å². The number of azide groups is 1. The molecule has 0 fully saturated rings. The third-order valence-corrected chi connectivity index (χ3v) is 8.98. The average molecular weight is 915 g/mol. The van der Waals surface area contributed by atoms with Gasteiger partial charge >= 0.3 is 17.9 Å². The first-order valence-corrected chi connectivity index (χ1v) is 19.9. The van der Waals surface area contributed by atoms with Gasteiger partial charge in [0.25, 0.3) is 0 Å². The van der Waals surface area contributed by atoms with Crippen LogP contribution in [0.15, 0.2) is 35.4 Å². The zero-order chi connectivity index (χ0) is 49.2. The quantitative estimate of drug-likeness (QED) is 0.0158. The molecule has 0 saturated heterocycles. The van der Waals surface area contributed by atoms with Gasteiger partial charge in [-0.1, -0.05) is 49.3 Å². The van der Waals surface area contributed by atoms with Gasteiger partial charge in [-0.3, -0.25) is 52.7 Å². The molecule has 0 aliphatic rings. The van der Waals surface area contributed by atoms with E-state index in [4.69, 9.17) is 23.4 Å². The minimum Gasteiger partial charge on any atom is -0.481 e. The number of benzene rings is 1. The number of aryl methyl sites for hydroxylation is 1. The molecule has 65 heavy (non-hydrogen) atoms. The molecule has 8 amide bonds. The Morgan fingerprint density at radius 2 is 1.15 bits per heavy atom. The predicted molar refractivity (Wildman–Crippen MR) is 225 cm³/mol. The molecule has 0 heterocycles. The number of amides is 8. The predicted octanol–water partition coefficient (Wildman–Crippen LogP) is -3.00. The molecule has 0 aliphatic carbocycles. The van der Waals surface area contributed by atoms with Gasteiger partial charge in [-0.05, 0) is 49.1 Å². The van der Waals surface area contributed by atoms with Crippen LogP contribution >= 0.6 is 0 Å². The van der Waals surface area contributed by atoms with Crippen molar-refractivity contribution < 1.29 is 68.1 Å². The SMILES string of the molecule is C#CCC(NC(=O)[C@H](CCC(=O)O)NC(=O)[C@H](CC(C)C)NC(=O)CNC(=O)[C@H](CCC(=O)O)NC(=O)[C@H](CC(=O)O)NC(=O)[C@H](CCc1ccccc1)NC(=O)C(N)N=[N+]=[N-])C(N)=O. The molecular formula is C39H54N12O14. The number of carboxylic acids is 3. The fourth-order valence-corrected chi connectivity index (χ4v) is 5.72. The van der Waals surface area contributed by atoms with Gasteiger partial charge in [-0.15, -0.1) is 12.3 Å². The first kappa shape index (κ1) is 55.2. The van der Waals surface area contributed by atoms with E-state index in [2.05, 4.69) is 53.2 Å². The van der Waals surface area contributed by atoms with E-state index in [1.165, 1.54) is 0 Å². The van der Waals surface area contributed by atoms with Gasteiger partial charge in [0, 0.05) is 24.2 Å². The smallest absolute Gasteiger partial charge is 0.305 e. The average Bonchev–Trinajstić information content (AvgIpc) is 3.23. The van der Waals surface area contributed by atoms with Gasteiger partial charge in [0.1, 0.15) is 36.3 Å². The van der Waals surface area contributed by atoms with Crippen LogP contribution in [-0.4, -0.2) is 129 Å². The zero-order valence-electron chi connectivity index (χ0n) is 35.5. The molecule has 26 heteroatoms. The van der Waals surface area contributed by atoms with Crippen molar-refractivity contribution in [1.29, 1.82) is 0 Å². The number of primary amides is 1. The van der Waals surface area contributed by atoms with E-state index in [1.807, 2.05) is 0 Å².